The topological polar surface area (TPSA) is 90.5 Å². The van der Waals surface area contributed by atoms with Crippen LogP contribution in [0.25, 0.3) is 0 Å². The minimum Gasteiger partial charge on any atom is -0.383 e. The Morgan fingerprint density at radius 3 is 2.27 bits per heavy atom. The van der Waals surface area contributed by atoms with E-state index >= 15 is 0 Å². The first kappa shape index (κ1) is 9.70. The summed E-state index contributed by atoms with van der Waals surface area (Å²) in [4.78, 5) is 21.0. The summed E-state index contributed by atoms with van der Waals surface area (Å²) in [6.07, 6.45) is -1.13. The third-order valence-corrected chi connectivity index (χ3v) is 0.906. The fraction of sp³-hybridized carbons (Fsp3) is 0.600. The van der Waals surface area contributed by atoms with Crippen LogP contribution in [0.3, 0.4) is 0 Å². The summed E-state index contributed by atoms with van der Waals surface area (Å²) in [5, 5.41) is 10.8. The largest absolute Gasteiger partial charge is 0.383 e. The SMILES string of the molecule is CNC(=O)NNC(=O)[C@@H](C)O. The number of urea groups is 1. The lowest BCUT2D eigenvalue weighted by Crippen LogP contribution is -2.48. The Morgan fingerprint density at radius 1 is 1.36 bits per heavy atom. The number of amides is 3. The van der Waals surface area contributed by atoms with E-state index in [1.807, 2.05) is 10.9 Å². The van der Waals surface area contributed by atoms with Gasteiger partial charge in [-0.3, -0.25) is 10.2 Å². The molecule has 6 nitrogen and oxygen atoms in total. The van der Waals surface area contributed by atoms with Gasteiger partial charge >= 0.3 is 6.03 Å². The highest BCUT2D eigenvalue weighted by Crippen LogP contribution is 1.75. The maximum atomic E-state index is 10.6. The summed E-state index contributed by atoms with van der Waals surface area (Å²) in [5.74, 6) is -0.659. The molecule has 0 aromatic rings. The number of hydrogen-bond acceptors (Lipinski definition) is 3. The van der Waals surface area contributed by atoms with Crippen LogP contribution >= 0.6 is 0 Å². The lowest BCUT2D eigenvalue weighted by atomic mass is 10.4. The summed E-state index contributed by atoms with van der Waals surface area (Å²) in [7, 11) is 1.41. The lowest BCUT2D eigenvalue weighted by molar-refractivity contribution is -0.129. The lowest BCUT2D eigenvalue weighted by Gasteiger charge is -2.07. The Balaban J connectivity index is 3.54. The first-order chi connectivity index (χ1) is 5.07. The number of nitrogens with one attached hydrogen (secondary N) is 3. The molecule has 1 atom stereocenters. The molecule has 0 saturated heterocycles. The third-order valence-electron chi connectivity index (χ3n) is 0.906. The Kier molecular flexibility index (Phi) is 3.97. The molecule has 0 radical (unpaired) electrons. The normalized spacial score (nSPS) is 11.5. The average Bonchev–Trinajstić information content (AvgIpc) is 1.99. The monoisotopic (exact) mass is 161 g/mol. The van der Waals surface area contributed by atoms with Crippen LogP contribution in [0.5, 0.6) is 0 Å². The third kappa shape index (κ3) is 4.15. The van der Waals surface area contributed by atoms with E-state index in [9.17, 15) is 9.59 Å². The van der Waals surface area contributed by atoms with Crippen LogP contribution in [0, 0.1) is 0 Å². The van der Waals surface area contributed by atoms with E-state index < -0.39 is 18.0 Å². The van der Waals surface area contributed by atoms with E-state index in [0.29, 0.717) is 0 Å². The number of aliphatic hydroxyl groups is 1. The van der Waals surface area contributed by atoms with E-state index in [1.165, 1.54) is 14.0 Å². The van der Waals surface area contributed by atoms with Crippen molar-refractivity contribution in [2.24, 2.45) is 0 Å². The fourth-order valence-electron chi connectivity index (χ4n) is 0.285. The molecule has 0 rings (SSSR count). The minimum absolute atomic E-state index is 0.543. The molecule has 3 amide bonds. The van der Waals surface area contributed by atoms with Crippen LogP contribution in [-0.4, -0.2) is 30.2 Å². The highest BCUT2D eigenvalue weighted by atomic mass is 16.3. The van der Waals surface area contributed by atoms with E-state index in [-0.39, 0.29) is 0 Å². The van der Waals surface area contributed by atoms with Crippen molar-refractivity contribution in [1.29, 1.82) is 0 Å². The molecule has 64 valence electrons. The maximum absolute atomic E-state index is 10.6. The zero-order valence-corrected chi connectivity index (χ0v) is 6.34. The molecule has 0 aromatic heterocycles. The molecular formula is C5H11N3O3. The summed E-state index contributed by atoms with van der Waals surface area (Å²) >= 11 is 0. The van der Waals surface area contributed by atoms with Crippen LogP contribution in [-0.2, 0) is 4.79 Å². The highest BCUT2D eigenvalue weighted by molar-refractivity contribution is 5.83. The Morgan fingerprint density at radius 2 is 1.91 bits per heavy atom. The molecule has 0 spiro atoms. The number of carbonyl (C=O) groups is 2. The Labute approximate surface area is 63.9 Å². The molecule has 0 aliphatic carbocycles. The smallest absolute Gasteiger partial charge is 0.333 e. The predicted octanol–water partition coefficient (Wildman–Crippen LogP) is -1.67. The summed E-state index contributed by atoms with van der Waals surface area (Å²) in [6, 6.07) is -0.543. The first-order valence-corrected chi connectivity index (χ1v) is 3.03. The second kappa shape index (κ2) is 4.51. The zero-order valence-electron chi connectivity index (χ0n) is 6.34. The van der Waals surface area contributed by atoms with E-state index in [1.54, 1.807) is 0 Å². The van der Waals surface area contributed by atoms with Gasteiger partial charge in [0.25, 0.3) is 5.91 Å². The van der Waals surface area contributed by atoms with Crippen LogP contribution < -0.4 is 16.2 Å². The van der Waals surface area contributed by atoms with Gasteiger partial charge in [0.15, 0.2) is 0 Å². The number of rotatable bonds is 1. The molecule has 4 N–H and O–H groups in total. The first-order valence-electron chi connectivity index (χ1n) is 3.03. The molecule has 11 heavy (non-hydrogen) atoms. The molecule has 0 aliphatic heterocycles. The van der Waals surface area contributed by atoms with Gasteiger partial charge in [-0.15, -0.1) is 0 Å². The minimum atomic E-state index is -1.13. The second-order valence-electron chi connectivity index (χ2n) is 1.87. The van der Waals surface area contributed by atoms with Gasteiger partial charge in [-0.25, -0.2) is 10.2 Å². The van der Waals surface area contributed by atoms with Crippen molar-refractivity contribution in [2.45, 2.75) is 13.0 Å². The van der Waals surface area contributed by atoms with Crippen molar-refractivity contribution in [2.75, 3.05) is 7.05 Å². The Hall–Kier alpha value is -1.30. The van der Waals surface area contributed by atoms with Crippen LogP contribution in [0.1, 0.15) is 6.92 Å². The van der Waals surface area contributed by atoms with Crippen LogP contribution in [0.15, 0.2) is 0 Å². The standard InChI is InChI=1S/C5H11N3O3/c1-3(9)4(10)7-8-5(11)6-2/h3,9H,1-2H3,(H,7,10)(H2,6,8,11)/t3-/m1/s1. The number of aliphatic hydroxyl groups excluding tert-OH is 1. The van der Waals surface area contributed by atoms with Crippen molar-refractivity contribution in [3.63, 3.8) is 0 Å². The highest BCUT2D eigenvalue weighted by Gasteiger charge is 2.07. The van der Waals surface area contributed by atoms with E-state index in [2.05, 4.69) is 5.32 Å². The number of hydrogen-bond donors (Lipinski definition) is 4. The fourth-order valence-corrected chi connectivity index (χ4v) is 0.285. The van der Waals surface area contributed by atoms with Gasteiger partial charge in [0.1, 0.15) is 6.10 Å². The predicted molar refractivity (Wildman–Crippen MR) is 37.4 cm³/mol. The van der Waals surface area contributed by atoms with Gasteiger partial charge in [-0.05, 0) is 6.92 Å². The molecule has 0 saturated carbocycles. The second-order valence-corrected chi connectivity index (χ2v) is 1.87. The molecule has 0 aromatic carbocycles. The van der Waals surface area contributed by atoms with Crippen molar-refractivity contribution in [3.8, 4) is 0 Å². The quantitative estimate of drug-likeness (QED) is 0.346. The maximum Gasteiger partial charge on any atom is 0.333 e. The molecule has 0 fully saturated rings. The average molecular weight is 161 g/mol. The van der Waals surface area contributed by atoms with Crippen molar-refractivity contribution >= 4 is 11.9 Å². The van der Waals surface area contributed by atoms with Gasteiger partial charge in [-0.1, -0.05) is 0 Å². The van der Waals surface area contributed by atoms with Gasteiger partial charge in [0.2, 0.25) is 0 Å². The van der Waals surface area contributed by atoms with Crippen LogP contribution in [0.2, 0.25) is 0 Å². The van der Waals surface area contributed by atoms with E-state index in [4.69, 9.17) is 5.11 Å². The van der Waals surface area contributed by atoms with Gasteiger partial charge in [0.05, 0.1) is 0 Å². The van der Waals surface area contributed by atoms with Crippen molar-refractivity contribution in [3.05, 3.63) is 0 Å². The van der Waals surface area contributed by atoms with Gasteiger partial charge in [-0.2, -0.15) is 0 Å². The van der Waals surface area contributed by atoms with Gasteiger partial charge in [0, 0.05) is 7.05 Å². The summed E-state index contributed by atoms with van der Waals surface area (Å²) in [6.45, 7) is 1.29. The Bertz CT molecular complexity index is 157. The number of hydrazine groups is 1. The summed E-state index contributed by atoms with van der Waals surface area (Å²) < 4.78 is 0. The van der Waals surface area contributed by atoms with Gasteiger partial charge < -0.3 is 10.4 Å². The summed E-state index contributed by atoms with van der Waals surface area (Å²) in [5.41, 5.74) is 3.99. The molecular weight excluding hydrogens is 150 g/mol. The van der Waals surface area contributed by atoms with Crippen molar-refractivity contribution < 1.29 is 14.7 Å². The molecule has 6 heteroatoms. The number of carbonyl (C=O) groups excluding carboxylic acids is 2. The van der Waals surface area contributed by atoms with E-state index in [0.717, 1.165) is 0 Å². The molecule has 0 heterocycles. The molecule has 0 unspecified atom stereocenters. The molecule has 0 aliphatic rings. The molecule has 0 bridgehead atoms. The van der Waals surface area contributed by atoms with Crippen LogP contribution in [0.4, 0.5) is 4.79 Å². The van der Waals surface area contributed by atoms with Crippen molar-refractivity contribution in [1.82, 2.24) is 16.2 Å². The zero-order chi connectivity index (χ0) is 8.85.